The summed E-state index contributed by atoms with van der Waals surface area (Å²) in [4.78, 5) is 25.5. The number of piperidine rings is 1. The van der Waals surface area contributed by atoms with Gasteiger partial charge in [-0.25, -0.2) is 0 Å². The molecule has 6 nitrogen and oxygen atoms in total. The lowest BCUT2D eigenvalue weighted by Gasteiger charge is -2.30. The number of likely N-dealkylation sites (tertiary alicyclic amines) is 1. The number of methoxy groups -OCH3 is 2. The Hall–Kier alpha value is -2.24. The first-order valence-electron chi connectivity index (χ1n) is 8.21. The third-order valence-corrected chi connectivity index (χ3v) is 4.56. The molecule has 0 radical (unpaired) electrons. The maximum atomic E-state index is 12.4. The van der Waals surface area contributed by atoms with Crippen LogP contribution in [0.2, 0.25) is 0 Å². The molecule has 1 N–H and O–H groups in total. The van der Waals surface area contributed by atoms with Gasteiger partial charge in [0, 0.05) is 38.0 Å². The van der Waals surface area contributed by atoms with Crippen molar-refractivity contribution in [1.29, 1.82) is 0 Å². The molecule has 0 unspecified atom stereocenters. The number of carbonyl (C=O) groups is 2. The molecular weight excluding hydrogens is 308 g/mol. The highest BCUT2D eigenvalue weighted by Gasteiger charge is 2.26. The van der Waals surface area contributed by atoms with E-state index in [1.165, 1.54) is 0 Å². The second-order valence-corrected chi connectivity index (χ2v) is 6.13. The van der Waals surface area contributed by atoms with E-state index in [1.807, 2.05) is 19.1 Å². The van der Waals surface area contributed by atoms with Crippen LogP contribution < -0.4 is 14.8 Å². The molecule has 1 aromatic rings. The first-order valence-corrected chi connectivity index (χ1v) is 8.21. The van der Waals surface area contributed by atoms with Crippen molar-refractivity contribution in [1.82, 2.24) is 10.2 Å². The van der Waals surface area contributed by atoms with Gasteiger partial charge in [-0.1, -0.05) is 0 Å². The van der Waals surface area contributed by atoms with Crippen LogP contribution in [-0.2, 0) is 16.1 Å². The first-order chi connectivity index (χ1) is 11.5. The number of nitrogens with zero attached hydrogens (tertiary/aromatic N) is 1. The predicted octanol–water partition coefficient (Wildman–Crippen LogP) is 1.89. The number of ether oxygens (including phenoxy) is 2. The van der Waals surface area contributed by atoms with E-state index in [1.54, 1.807) is 26.0 Å². The van der Waals surface area contributed by atoms with Crippen molar-refractivity contribution >= 4 is 11.8 Å². The third-order valence-electron chi connectivity index (χ3n) is 4.56. The molecule has 0 atom stereocenters. The van der Waals surface area contributed by atoms with Crippen LogP contribution in [0, 0.1) is 12.8 Å². The number of amides is 2. The number of hydrogen-bond acceptors (Lipinski definition) is 4. The van der Waals surface area contributed by atoms with Crippen LogP contribution in [0.15, 0.2) is 12.1 Å². The quantitative estimate of drug-likeness (QED) is 0.893. The van der Waals surface area contributed by atoms with E-state index in [2.05, 4.69) is 5.32 Å². The lowest BCUT2D eigenvalue weighted by atomic mass is 9.95. The third kappa shape index (κ3) is 4.19. The predicted molar refractivity (Wildman–Crippen MR) is 91.1 cm³/mol. The minimum Gasteiger partial charge on any atom is -0.496 e. The van der Waals surface area contributed by atoms with Crippen LogP contribution in [0.5, 0.6) is 11.5 Å². The van der Waals surface area contributed by atoms with Crippen molar-refractivity contribution in [2.75, 3.05) is 27.3 Å². The van der Waals surface area contributed by atoms with E-state index in [-0.39, 0.29) is 17.7 Å². The largest absolute Gasteiger partial charge is 0.496 e. The summed E-state index contributed by atoms with van der Waals surface area (Å²) in [6.07, 6.45) is 1.42. The Balaban J connectivity index is 1.96. The van der Waals surface area contributed by atoms with Crippen LogP contribution in [0.1, 0.15) is 30.9 Å². The van der Waals surface area contributed by atoms with Crippen molar-refractivity contribution in [3.8, 4) is 11.5 Å². The summed E-state index contributed by atoms with van der Waals surface area (Å²) in [5.41, 5.74) is 1.87. The van der Waals surface area contributed by atoms with E-state index in [0.29, 0.717) is 32.5 Å². The Morgan fingerprint density at radius 3 is 2.33 bits per heavy atom. The number of rotatable bonds is 5. The molecule has 0 saturated carbocycles. The molecule has 6 heteroatoms. The lowest BCUT2D eigenvalue weighted by molar-refractivity contribution is -0.134. The average Bonchev–Trinajstić information content (AvgIpc) is 2.60. The summed E-state index contributed by atoms with van der Waals surface area (Å²) >= 11 is 0. The van der Waals surface area contributed by atoms with Crippen molar-refractivity contribution in [2.45, 2.75) is 33.2 Å². The van der Waals surface area contributed by atoms with Gasteiger partial charge in [0.2, 0.25) is 11.8 Å². The highest BCUT2D eigenvalue weighted by atomic mass is 16.5. The van der Waals surface area contributed by atoms with E-state index in [9.17, 15) is 9.59 Å². The van der Waals surface area contributed by atoms with Crippen molar-refractivity contribution in [3.63, 3.8) is 0 Å². The number of hydrogen-bond donors (Lipinski definition) is 1. The fourth-order valence-corrected chi connectivity index (χ4v) is 3.04. The Kier molecular flexibility index (Phi) is 6.06. The molecule has 1 aromatic carbocycles. The first kappa shape index (κ1) is 18.1. The molecule has 2 rings (SSSR count). The SMILES string of the molecule is COc1cc(CNC(=O)C2CCN(C(C)=O)CC2)c(OC)cc1C. The fourth-order valence-electron chi connectivity index (χ4n) is 3.04. The molecule has 1 saturated heterocycles. The molecule has 1 fully saturated rings. The maximum absolute atomic E-state index is 12.4. The van der Waals surface area contributed by atoms with Gasteiger partial charge in [-0.3, -0.25) is 9.59 Å². The summed E-state index contributed by atoms with van der Waals surface area (Å²) in [5, 5.41) is 2.98. The molecule has 24 heavy (non-hydrogen) atoms. The Labute approximate surface area is 143 Å². The molecule has 1 aliphatic rings. The molecule has 1 aliphatic heterocycles. The van der Waals surface area contributed by atoms with Gasteiger partial charge in [0.25, 0.3) is 0 Å². The molecule has 0 aromatic heterocycles. The minimum absolute atomic E-state index is 0.0276. The standard InChI is InChI=1S/C18H26N2O4/c1-12-9-17(24-4)15(10-16(12)23-3)11-19-18(22)14-5-7-20(8-6-14)13(2)21/h9-10,14H,5-8,11H2,1-4H3,(H,19,22). The van der Waals surface area contributed by atoms with E-state index in [4.69, 9.17) is 9.47 Å². The zero-order chi connectivity index (χ0) is 17.7. The van der Waals surface area contributed by atoms with E-state index < -0.39 is 0 Å². The number of carbonyl (C=O) groups excluding carboxylic acids is 2. The zero-order valence-electron chi connectivity index (χ0n) is 14.8. The second-order valence-electron chi connectivity index (χ2n) is 6.13. The summed E-state index contributed by atoms with van der Waals surface area (Å²) in [5.74, 6) is 1.57. The van der Waals surface area contributed by atoms with Crippen LogP contribution in [0.3, 0.4) is 0 Å². The van der Waals surface area contributed by atoms with Crippen molar-refractivity contribution in [2.24, 2.45) is 5.92 Å². The van der Waals surface area contributed by atoms with Gasteiger partial charge < -0.3 is 19.7 Å². The van der Waals surface area contributed by atoms with Crippen molar-refractivity contribution < 1.29 is 19.1 Å². The summed E-state index contributed by atoms with van der Waals surface area (Å²) < 4.78 is 10.7. The Morgan fingerprint density at radius 2 is 1.79 bits per heavy atom. The average molecular weight is 334 g/mol. The normalized spacial score (nSPS) is 15.1. The molecule has 0 spiro atoms. The van der Waals surface area contributed by atoms with E-state index in [0.717, 1.165) is 22.6 Å². The molecule has 0 aliphatic carbocycles. The summed E-state index contributed by atoms with van der Waals surface area (Å²) in [6.45, 7) is 5.21. The van der Waals surface area contributed by atoms with Gasteiger partial charge in [-0.2, -0.15) is 0 Å². The molecular formula is C18H26N2O4. The number of nitrogens with one attached hydrogen (secondary N) is 1. The van der Waals surface area contributed by atoms with Crippen LogP contribution in [0.4, 0.5) is 0 Å². The van der Waals surface area contributed by atoms with Crippen LogP contribution >= 0.6 is 0 Å². The summed E-state index contributed by atoms with van der Waals surface area (Å²) in [6, 6.07) is 3.80. The van der Waals surface area contributed by atoms with Crippen LogP contribution in [0.25, 0.3) is 0 Å². The minimum atomic E-state index is -0.0426. The number of aryl methyl sites for hydroxylation is 1. The molecule has 132 valence electrons. The fraction of sp³-hybridized carbons (Fsp3) is 0.556. The summed E-state index contributed by atoms with van der Waals surface area (Å²) in [7, 11) is 3.24. The van der Waals surface area contributed by atoms with Gasteiger partial charge in [0.05, 0.1) is 14.2 Å². The Morgan fingerprint density at radius 1 is 1.17 bits per heavy atom. The van der Waals surface area contributed by atoms with Gasteiger partial charge >= 0.3 is 0 Å². The Bertz CT molecular complexity index is 607. The van der Waals surface area contributed by atoms with Gasteiger partial charge in [-0.05, 0) is 37.5 Å². The second kappa shape index (κ2) is 8.04. The van der Waals surface area contributed by atoms with Gasteiger partial charge in [0.15, 0.2) is 0 Å². The zero-order valence-corrected chi connectivity index (χ0v) is 14.8. The monoisotopic (exact) mass is 334 g/mol. The van der Waals surface area contributed by atoms with Crippen LogP contribution in [-0.4, -0.2) is 44.0 Å². The smallest absolute Gasteiger partial charge is 0.223 e. The molecule has 2 amide bonds. The highest BCUT2D eigenvalue weighted by Crippen LogP contribution is 2.28. The topological polar surface area (TPSA) is 67.9 Å². The van der Waals surface area contributed by atoms with Crippen molar-refractivity contribution in [3.05, 3.63) is 23.3 Å². The van der Waals surface area contributed by atoms with Gasteiger partial charge in [0.1, 0.15) is 11.5 Å². The van der Waals surface area contributed by atoms with E-state index >= 15 is 0 Å². The molecule has 1 heterocycles. The maximum Gasteiger partial charge on any atom is 0.223 e. The molecule has 0 bridgehead atoms. The number of benzene rings is 1. The lowest BCUT2D eigenvalue weighted by Crippen LogP contribution is -2.42. The van der Waals surface area contributed by atoms with Gasteiger partial charge in [-0.15, -0.1) is 0 Å². The highest BCUT2D eigenvalue weighted by molar-refractivity contribution is 5.79.